The standard InChI is InChI=1S/C20H23ClN4O3/c1-13-3-4-17(16(21)11-13)28-15-6-9-25(10-7-15)20(27)24-18-12-14(5-8-23-18)19(26)22-2/h3-5,8,11-12,15H,6-7,9-10H2,1-2H3,(H,22,26)(H,23,24,27). The number of nitrogens with zero attached hydrogens (tertiary/aromatic N) is 2. The molecular weight excluding hydrogens is 380 g/mol. The summed E-state index contributed by atoms with van der Waals surface area (Å²) in [6.07, 6.45) is 2.93. The zero-order valence-corrected chi connectivity index (χ0v) is 16.6. The van der Waals surface area contributed by atoms with E-state index in [1.807, 2.05) is 25.1 Å². The number of carbonyl (C=O) groups is 2. The van der Waals surface area contributed by atoms with Crippen molar-refractivity contribution in [2.24, 2.45) is 0 Å². The highest BCUT2D eigenvalue weighted by Gasteiger charge is 2.25. The van der Waals surface area contributed by atoms with Gasteiger partial charge in [-0.1, -0.05) is 17.7 Å². The van der Waals surface area contributed by atoms with Crippen LogP contribution in [0.2, 0.25) is 5.02 Å². The second-order valence-corrected chi connectivity index (χ2v) is 7.08. The van der Waals surface area contributed by atoms with E-state index < -0.39 is 0 Å². The van der Waals surface area contributed by atoms with Gasteiger partial charge < -0.3 is 15.0 Å². The quantitative estimate of drug-likeness (QED) is 0.820. The molecule has 8 heteroatoms. The summed E-state index contributed by atoms with van der Waals surface area (Å²) in [6, 6.07) is 8.61. The van der Waals surface area contributed by atoms with Crippen LogP contribution in [0.4, 0.5) is 10.6 Å². The molecule has 2 aromatic rings. The van der Waals surface area contributed by atoms with Crippen LogP contribution in [-0.2, 0) is 0 Å². The molecule has 0 saturated carbocycles. The Balaban J connectivity index is 1.53. The number of halogens is 1. The van der Waals surface area contributed by atoms with E-state index in [0.29, 0.717) is 48.1 Å². The molecule has 148 valence electrons. The van der Waals surface area contributed by atoms with Crippen molar-refractivity contribution in [2.75, 3.05) is 25.5 Å². The van der Waals surface area contributed by atoms with Crippen molar-refractivity contribution in [3.05, 3.63) is 52.7 Å². The van der Waals surface area contributed by atoms with E-state index in [9.17, 15) is 9.59 Å². The zero-order valence-electron chi connectivity index (χ0n) is 15.9. The van der Waals surface area contributed by atoms with Gasteiger partial charge in [0.2, 0.25) is 0 Å². The first-order valence-corrected chi connectivity index (χ1v) is 9.51. The monoisotopic (exact) mass is 402 g/mol. The minimum absolute atomic E-state index is 0.0129. The van der Waals surface area contributed by atoms with Gasteiger partial charge in [-0.15, -0.1) is 0 Å². The van der Waals surface area contributed by atoms with Crippen molar-refractivity contribution in [1.82, 2.24) is 15.2 Å². The normalized spacial score (nSPS) is 14.5. The third-order valence-corrected chi connectivity index (χ3v) is 4.89. The summed E-state index contributed by atoms with van der Waals surface area (Å²) in [6.45, 7) is 3.11. The molecule has 1 aliphatic rings. The van der Waals surface area contributed by atoms with Gasteiger partial charge in [0.05, 0.1) is 5.02 Å². The first kappa shape index (κ1) is 19.9. The van der Waals surface area contributed by atoms with Crippen LogP contribution < -0.4 is 15.4 Å². The van der Waals surface area contributed by atoms with Crippen LogP contribution in [0.15, 0.2) is 36.5 Å². The van der Waals surface area contributed by atoms with Crippen LogP contribution in [0.5, 0.6) is 5.75 Å². The number of ether oxygens (including phenoxy) is 1. The average Bonchev–Trinajstić information content (AvgIpc) is 2.70. The Hall–Kier alpha value is -2.80. The van der Waals surface area contributed by atoms with Gasteiger partial charge >= 0.3 is 6.03 Å². The summed E-state index contributed by atoms with van der Waals surface area (Å²) in [5.41, 5.74) is 1.52. The molecule has 2 N–H and O–H groups in total. The number of carbonyl (C=O) groups excluding carboxylic acids is 2. The number of amides is 3. The minimum Gasteiger partial charge on any atom is -0.489 e. The lowest BCUT2D eigenvalue weighted by atomic mass is 10.1. The van der Waals surface area contributed by atoms with Gasteiger partial charge in [-0.2, -0.15) is 0 Å². The van der Waals surface area contributed by atoms with Crippen molar-refractivity contribution in [3.8, 4) is 5.75 Å². The highest BCUT2D eigenvalue weighted by atomic mass is 35.5. The number of pyridine rings is 1. The summed E-state index contributed by atoms with van der Waals surface area (Å²) < 4.78 is 5.99. The van der Waals surface area contributed by atoms with Crippen LogP contribution in [0.25, 0.3) is 0 Å². The van der Waals surface area contributed by atoms with Crippen molar-refractivity contribution < 1.29 is 14.3 Å². The van der Waals surface area contributed by atoms with Crippen molar-refractivity contribution in [2.45, 2.75) is 25.9 Å². The lowest BCUT2D eigenvalue weighted by molar-refractivity contribution is 0.0962. The van der Waals surface area contributed by atoms with Crippen molar-refractivity contribution in [3.63, 3.8) is 0 Å². The lowest BCUT2D eigenvalue weighted by Gasteiger charge is -2.32. The molecule has 3 rings (SSSR count). The Kier molecular flexibility index (Phi) is 6.36. The number of nitrogens with one attached hydrogen (secondary N) is 2. The molecular formula is C20H23ClN4O3. The van der Waals surface area contributed by atoms with Crippen LogP contribution in [-0.4, -0.2) is 48.1 Å². The van der Waals surface area contributed by atoms with Gasteiger partial charge in [0.1, 0.15) is 17.7 Å². The maximum absolute atomic E-state index is 12.5. The van der Waals surface area contributed by atoms with Crippen molar-refractivity contribution in [1.29, 1.82) is 0 Å². The number of aromatic nitrogens is 1. The number of rotatable bonds is 4. The first-order valence-electron chi connectivity index (χ1n) is 9.13. The molecule has 1 saturated heterocycles. The third-order valence-electron chi connectivity index (χ3n) is 4.59. The average molecular weight is 403 g/mol. The Bertz CT molecular complexity index is 866. The SMILES string of the molecule is CNC(=O)c1ccnc(NC(=O)N2CCC(Oc3ccc(C)cc3Cl)CC2)c1. The molecule has 28 heavy (non-hydrogen) atoms. The molecule has 0 bridgehead atoms. The third kappa shape index (κ3) is 4.92. The van der Waals surface area contributed by atoms with Gasteiger partial charge in [0.15, 0.2) is 0 Å². The van der Waals surface area contributed by atoms with E-state index >= 15 is 0 Å². The van der Waals surface area contributed by atoms with Gasteiger partial charge in [-0.25, -0.2) is 9.78 Å². The molecule has 1 aliphatic heterocycles. The van der Waals surface area contributed by atoms with Gasteiger partial charge in [0.25, 0.3) is 5.91 Å². The first-order chi connectivity index (χ1) is 13.5. The smallest absolute Gasteiger partial charge is 0.323 e. The number of benzene rings is 1. The Morgan fingerprint density at radius 1 is 1.21 bits per heavy atom. The van der Waals surface area contributed by atoms with E-state index in [0.717, 1.165) is 5.56 Å². The number of hydrogen-bond donors (Lipinski definition) is 2. The molecule has 0 spiro atoms. The summed E-state index contributed by atoms with van der Waals surface area (Å²) in [5, 5.41) is 5.89. The van der Waals surface area contributed by atoms with Gasteiger partial charge in [-0.3, -0.25) is 10.1 Å². The van der Waals surface area contributed by atoms with E-state index in [2.05, 4.69) is 15.6 Å². The second kappa shape index (κ2) is 8.93. The Labute approximate surface area is 169 Å². The Morgan fingerprint density at radius 3 is 2.64 bits per heavy atom. The van der Waals surface area contributed by atoms with Gasteiger partial charge in [0, 0.05) is 44.7 Å². The van der Waals surface area contributed by atoms with Crippen LogP contribution in [0, 0.1) is 6.92 Å². The number of hydrogen-bond acceptors (Lipinski definition) is 4. The fraction of sp³-hybridized carbons (Fsp3) is 0.350. The predicted molar refractivity (Wildman–Crippen MR) is 108 cm³/mol. The number of aryl methyl sites for hydroxylation is 1. The van der Waals surface area contributed by atoms with E-state index in [1.165, 1.54) is 6.20 Å². The van der Waals surface area contributed by atoms with Crippen molar-refractivity contribution >= 4 is 29.4 Å². The van der Waals surface area contributed by atoms with Crippen LogP contribution in [0.3, 0.4) is 0 Å². The topological polar surface area (TPSA) is 83.6 Å². The second-order valence-electron chi connectivity index (χ2n) is 6.68. The van der Waals surface area contributed by atoms with Gasteiger partial charge in [-0.05, 0) is 36.8 Å². The summed E-state index contributed by atoms with van der Waals surface area (Å²) >= 11 is 6.23. The molecule has 0 atom stereocenters. The number of piperidine rings is 1. The molecule has 7 nitrogen and oxygen atoms in total. The maximum Gasteiger partial charge on any atom is 0.323 e. The molecule has 3 amide bonds. The Morgan fingerprint density at radius 2 is 1.96 bits per heavy atom. The fourth-order valence-electron chi connectivity index (χ4n) is 3.03. The molecule has 0 radical (unpaired) electrons. The summed E-state index contributed by atoms with van der Waals surface area (Å²) in [4.78, 5) is 30.0. The fourth-order valence-corrected chi connectivity index (χ4v) is 3.31. The number of likely N-dealkylation sites (tertiary alicyclic amines) is 1. The van der Waals surface area contributed by atoms with E-state index in [-0.39, 0.29) is 18.0 Å². The molecule has 1 aromatic carbocycles. The highest BCUT2D eigenvalue weighted by Crippen LogP contribution is 2.28. The maximum atomic E-state index is 12.5. The number of anilines is 1. The van der Waals surface area contributed by atoms with Crippen LogP contribution in [0.1, 0.15) is 28.8 Å². The number of urea groups is 1. The highest BCUT2D eigenvalue weighted by molar-refractivity contribution is 6.32. The molecule has 0 aliphatic carbocycles. The zero-order chi connectivity index (χ0) is 20.1. The molecule has 1 fully saturated rings. The lowest BCUT2D eigenvalue weighted by Crippen LogP contribution is -2.43. The van der Waals surface area contributed by atoms with E-state index in [1.54, 1.807) is 24.1 Å². The molecule has 2 heterocycles. The minimum atomic E-state index is -0.242. The summed E-state index contributed by atoms with van der Waals surface area (Å²) in [5.74, 6) is 0.784. The largest absolute Gasteiger partial charge is 0.489 e. The predicted octanol–water partition coefficient (Wildman–Crippen LogP) is 3.48. The summed E-state index contributed by atoms with van der Waals surface area (Å²) in [7, 11) is 1.55. The molecule has 0 unspecified atom stereocenters. The molecule has 1 aromatic heterocycles. The van der Waals surface area contributed by atoms with E-state index in [4.69, 9.17) is 16.3 Å². The van der Waals surface area contributed by atoms with Crippen LogP contribution >= 0.6 is 11.6 Å².